The van der Waals surface area contributed by atoms with Crippen molar-refractivity contribution in [3.63, 3.8) is 0 Å². The van der Waals surface area contributed by atoms with E-state index in [9.17, 15) is 9.59 Å². The number of aromatic nitrogens is 1. The van der Waals surface area contributed by atoms with E-state index in [0.29, 0.717) is 27.1 Å². The Kier molecular flexibility index (Phi) is 7.52. The molecule has 2 N–H and O–H groups in total. The van der Waals surface area contributed by atoms with Gasteiger partial charge in [-0.15, -0.1) is 11.3 Å². The van der Waals surface area contributed by atoms with Crippen LogP contribution in [0, 0.1) is 6.92 Å². The fraction of sp³-hybridized carbons (Fsp3) is 0.450. The Balaban J connectivity index is 1.50. The molecule has 1 aliphatic rings. The van der Waals surface area contributed by atoms with Gasteiger partial charge in [-0.3, -0.25) is 14.5 Å². The van der Waals surface area contributed by atoms with Crippen molar-refractivity contribution in [1.29, 1.82) is 0 Å². The largest absolute Gasteiger partial charge is 0.495 e. The minimum absolute atomic E-state index is 0.0741. The topological polar surface area (TPSA) is 92.8 Å². The number of piperidine rings is 1. The van der Waals surface area contributed by atoms with Crippen molar-refractivity contribution in [3.8, 4) is 11.5 Å². The smallest absolute Gasteiger partial charge is 0.263 e. The molecule has 2 heterocycles. The summed E-state index contributed by atoms with van der Waals surface area (Å²) in [7, 11) is 3.03. The van der Waals surface area contributed by atoms with Gasteiger partial charge in [0.1, 0.15) is 16.4 Å². The molecule has 1 saturated heterocycles. The zero-order valence-electron chi connectivity index (χ0n) is 17.2. The van der Waals surface area contributed by atoms with E-state index in [1.807, 2.05) is 6.92 Å². The molecule has 0 bridgehead atoms. The number of hydrogen-bond donors (Lipinski definition) is 2. The van der Waals surface area contributed by atoms with Gasteiger partial charge in [0.15, 0.2) is 0 Å². The molecule has 0 radical (unpaired) electrons. The van der Waals surface area contributed by atoms with Crippen LogP contribution in [0.2, 0.25) is 5.02 Å². The monoisotopic (exact) mass is 452 g/mol. The molecule has 3 rings (SSSR count). The summed E-state index contributed by atoms with van der Waals surface area (Å²) in [6.07, 6.45) is 1.57. The van der Waals surface area contributed by atoms with Crippen LogP contribution in [0.5, 0.6) is 11.5 Å². The first-order valence-corrected chi connectivity index (χ1v) is 10.8. The molecular weight excluding hydrogens is 428 g/mol. The number of nitrogens with zero attached hydrogens (tertiary/aromatic N) is 2. The van der Waals surface area contributed by atoms with Crippen molar-refractivity contribution in [2.75, 3.05) is 39.2 Å². The molecule has 2 amide bonds. The van der Waals surface area contributed by atoms with E-state index in [-0.39, 0.29) is 24.4 Å². The van der Waals surface area contributed by atoms with Crippen molar-refractivity contribution in [3.05, 3.63) is 33.2 Å². The average Bonchev–Trinajstić information content (AvgIpc) is 3.16. The molecular formula is C20H25ClN4O4S. The molecule has 0 atom stereocenters. The SMILES string of the molecule is COc1cc(NC(=O)CN2CCC(NC(=O)c3scnc3C)CC2)c(OC)cc1Cl. The van der Waals surface area contributed by atoms with Gasteiger partial charge in [-0.1, -0.05) is 11.6 Å². The normalized spacial score (nSPS) is 14.9. The number of amides is 2. The third kappa shape index (κ3) is 5.41. The van der Waals surface area contributed by atoms with Crippen LogP contribution in [-0.4, -0.2) is 61.6 Å². The first-order chi connectivity index (χ1) is 14.4. The Morgan fingerprint density at radius 1 is 1.23 bits per heavy atom. The van der Waals surface area contributed by atoms with Gasteiger partial charge in [0.2, 0.25) is 5.91 Å². The fourth-order valence-electron chi connectivity index (χ4n) is 3.36. The summed E-state index contributed by atoms with van der Waals surface area (Å²) < 4.78 is 10.5. The summed E-state index contributed by atoms with van der Waals surface area (Å²) >= 11 is 7.45. The van der Waals surface area contributed by atoms with Crippen molar-refractivity contribution < 1.29 is 19.1 Å². The van der Waals surface area contributed by atoms with E-state index in [4.69, 9.17) is 21.1 Å². The predicted octanol–water partition coefficient (Wildman–Crippen LogP) is 2.96. The molecule has 0 saturated carbocycles. The Morgan fingerprint density at radius 2 is 1.93 bits per heavy atom. The van der Waals surface area contributed by atoms with Crippen molar-refractivity contribution in [1.82, 2.24) is 15.2 Å². The highest BCUT2D eigenvalue weighted by atomic mass is 35.5. The first kappa shape index (κ1) is 22.3. The number of benzene rings is 1. The van der Waals surface area contributed by atoms with Crippen molar-refractivity contribution in [2.45, 2.75) is 25.8 Å². The summed E-state index contributed by atoms with van der Waals surface area (Å²) in [5.41, 5.74) is 2.93. The van der Waals surface area contributed by atoms with Gasteiger partial charge in [0.05, 0.1) is 42.7 Å². The number of likely N-dealkylation sites (tertiary alicyclic amines) is 1. The summed E-state index contributed by atoms with van der Waals surface area (Å²) in [6.45, 7) is 3.53. The van der Waals surface area contributed by atoms with Crippen molar-refractivity contribution in [2.24, 2.45) is 0 Å². The Bertz CT molecular complexity index is 912. The van der Waals surface area contributed by atoms with E-state index in [1.165, 1.54) is 25.6 Å². The maximum absolute atomic E-state index is 12.5. The molecule has 1 fully saturated rings. The number of methoxy groups -OCH3 is 2. The highest BCUT2D eigenvalue weighted by Gasteiger charge is 2.24. The summed E-state index contributed by atoms with van der Waals surface area (Å²) in [5, 5.41) is 6.34. The molecule has 0 spiro atoms. The van der Waals surface area contributed by atoms with Gasteiger partial charge in [0.25, 0.3) is 5.91 Å². The highest BCUT2D eigenvalue weighted by Crippen LogP contribution is 2.35. The Morgan fingerprint density at radius 3 is 2.53 bits per heavy atom. The second-order valence-corrected chi connectivity index (χ2v) is 8.29. The lowest BCUT2D eigenvalue weighted by molar-refractivity contribution is -0.117. The molecule has 0 unspecified atom stereocenters. The number of rotatable bonds is 7. The number of anilines is 1. The lowest BCUT2D eigenvalue weighted by atomic mass is 10.0. The third-order valence-corrected chi connectivity index (χ3v) is 6.21. The number of thiazole rings is 1. The quantitative estimate of drug-likeness (QED) is 0.671. The first-order valence-electron chi connectivity index (χ1n) is 9.56. The average molecular weight is 453 g/mol. The van der Waals surface area contributed by atoms with Crippen molar-refractivity contribution >= 4 is 40.4 Å². The molecule has 1 aliphatic heterocycles. The van der Waals surface area contributed by atoms with Gasteiger partial charge >= 0.3 is 0 Å². The number of carbonyl (C=O) groups is 2. The van der Waals surface area contributed by atoms with Crippen LogP contribution >= 0.6 is 22.9 Å². The Hall–Kier alpha value is -2.36. The highest BCUT2D eigenvalue weighted by molar-refractivity contribution is 7.11. The van der Waals surface area contributed by atoms with Crippen LogP contribution in [0.3, 0.4) is 0 Å². The predicted molar refractivity (Wildman–Crippen MR) is 117 cm³/mol. The summed E-state index contributed by atoms with van der Waals surface area (Å²) in [4.78, 5) is 31.7. The lowest BCUT2D eigenvalue weighted by Crippen LogP contribution is -2.46. The molecule has 1 aromatic heterocycles. The second kappa shape index (κ2) is 10.1. The minimum atomic E-state index is -0.152. The van der Waals surface area contributed by atoms with Gasteiger partial charge in [-0.25, -0.2) is 4.98 Å². The third-order valence-electron chi connectivity index (χ3n) is 4.99. The van der Waals surface area contributed by atoms with Crippen LogP contribution in [0.15, 0.2) is 17.6 Å². The number of aryl methyl sites for hydroxylation is 1. The van der Waals surface area contributed by atoms with Crippen LogP contribution in [-0.2, 0) is 4.79 Å². The number of nitrogens with one attached hydrogen (secondary N) is 2. The maximum atomic E-state index is 12.5. The lowest BCUT2D eigenvalue weighted by Gasteiger charge is -2.31. The second-order valence-electron chi connectivity index (χ2n) is 7.03. The van der Waals surface area contributed by atoms with E-state index >= 15 is 0 Å². The van der Waals surface area contributed by atoms with Gasteiger partial charge < -0.3 is 20.1 Å². The molecule has 30 heavy (non-hydrogen) atoms. The van der Waals surface area contributed by atoms with E-state index < -0.39 is 0 Å². The zero-order valence-corrected chi connectivity index (χ0v) is 18.7. The molecule has 2 aromatic rings. The molecule has 10 heteroatoms. The summed E-state index contributed by atoms with van der Waals surface area (Å²) in [5.74, 6) is 0.699. The number of carbonyl (C=O) groups excluding carboxylic acids is 2. The maximum Gasteiger partial charge on any atom is 0.263 e. The number of halogens is 1. The van der Waals surface area contributed by atoms with Crippen LogP contribution in [0.1, 0.15) is 28.2 Å². The van der Waals surface area contributed by atoms with Crippen LogP contribution in [0.25, 0.3) is 0 Å². The van der Waals surface area contributed by atoms with Crippen LogP contribution in [0.4, 0.5) is 5.69 Å². The van der Waals surface area contributed by atoms with Gasteiger partial charge in [-0.05, 0) is 19.8 Å². The van der Waals surface area contributed by atoms with Gasteiger partial charge in [0, 0.05) is 31.3 Å². The molecule has 8 nitrogen and oxygen atoms in total. The standard InChI is InChI=1S/C20H25ClN4O4S/c1-12-19(30-11-22-12)20(27)23-13-4-6-25(7-5-13)10-18(26)24-15-9-16(28-2)14(21)8-17(15)29-3/h8-9,11,13H,4-7,10H2,1-3H3,(H,23,27)(H,24,26). The van der Waals surface area contributed by atoms with E-state index in [2.05, 4.69) is 20.5 Å². The zero-order chi connectivity index (χ0) is 21.7. The van der Waals surface area contributed by atoms with Crippen LogP contribution < -0.4 is 20.1 Å². The fourth-order valence-corrected chi connectivity index (χ4v) is 4.29. The molecule has 1 aromatic carbocycles. The molecule has 162 valence electrons. The Labute approximate surface area is 184 Å². The number of ether oxygens (including phenoxy) is 2. The summed E-state index contributed by atoms with van der Waals surface area (Å²) in [6, 6.07) is 3.34. The minimum Gasteiger partial charge on any atom is -0.495 e. The van der Waals surface area contributed by atoms with Gasteiger partial charge in [-0.2, -0.15) is 0 Å². The van der Waals surface area contributed by atoms with E-state index in [0.717, 1.165) is 31.6 Å². The molecule has 0 aliphatic carbocycles. The van der Waals surface area contributed by atoms with E-state index in [1.54, 1.807) is 17.6 Å². The number of hydrogen-bond acceptors (Lipinski definition) is 7.